The highest BCUT2D eigenvalue weighted by Gasteiger charge is 2.02. The van der Waals surface area contributed by atoms with E-state index in [1.54, 1.807) is 29.7 Å². The number of aromatic hydroxyl groups is 2. The number of aromatic nitrogens is 1. The number of nitrogens with one attached hydrogen (secondary N) is 1. The van der Waals surface area contributed by atoms with Crippen LogP contribution in [0.25, 0.3) is 10.6 Å². The van der Waals surface area contributed by atoms with Crippen LogP contribution in [0.3, 0.4) is 0 Å². The Kier molecular flexibility index (Phi) is 3.75. The first-order valence-electron chi connectivity index (χ1n) is 6.47. The van der Waals surface area contributed by atoms with E-state index in [9.17, 15) is 10.2 Å². The highest BCUT2D eigenvalue weighted by atomic mass is 32.1. The molecule has 0 aliphatic carbocycles. The maximum atomic E-state index is 9.46. The summed E-state index contributed by atoms with van der Waals surface area (Å²) in [5.41, 5.74) is 2.98. The average molecular weight is 298 g/mol. The van der Waals surface area contributed by atoms with Crippen LogP contribution in [0.5, 0.6) is 11.5 Å². The number of anilines is 1. The van der Waals surface area contributed by atoms with Crippen molar-refractivity contribution in [2.24, 2.45) is 0 Å². The summed E-state index contributed by atoms with van der Waals surface area (Å²) in [6.45, 7) is 0.574. The fraction of sp³-hybridized carbons (Fsp3) is 0.0625. The number of phenolic OH excluding ortho intramolecular Hbond substituents is 2. The van der Waals surface area contributed by atoms with Crippen molar-refractivity contribution < 1.29 is 10.2 Å². The number of hydrogen-bond acceptors (Lipinski definition) is 5. The SMILES string of the molecule is Oc1ccc(CNc2ccc(-c3nccs3)cc2)cc1O. The van der Waals surface area contributed by atoms with Gasteiger partial charge in [-0.1, -0.05) is 6.07 Å². The molecule has 3 rings (SSSR count). The largest absolute Gasteiger partial charge is 0.504 e. The fourth-order valence-electron chi connectivity index (χ4n) is 1.98. The van der Waals surface area contributed by atoms with Crippen LogP contribution in [0.1, 0.15) is 5.56 Å². The van der Waals surface area contributed by atoms with Gasteiger partial charge in [-0.2, -0.15) is 0 Å². The quantitative estimate of drug-likeness (QED) is 0.640. The minimum absolute atomic E-state index is 0.103. The first kappa shape index (κ1) is 13.5. The summed E-state index contributed by atoms with van der Waals surface area (Å²) in [6, 6.07) is 12.8. The zero-order valence-electron chi connectivity index (χ0n) is 11.2. The van der Waals surface area contributed by atoms with E-state index in [1.165, 1.54) is 6.07 Å². The number of benzene rings is 2. The van der Waals surface area contributed by atoms with E-state index in [0.29, 0.717) is 6.54 Å². The summed E-state index contributed by atoms with van der Waals surface area (Å²) >= 11 is 1.61. The summed E-state index contributed by atoms with van der Waals surface area (Å²) in [6.07, 6.45) is 1.80. The van der Waals surface area contributed by atoms with Crippen molar-refractivity contribution in [2.75, 3.05) is 5.32 Å². The predicted octanol–water partition coefficient (Wildman–Crippen LogP) is 3.83. The molecule has 0 radical (unpaired) electrons. The number of phenols is 2. The second-order valence-corrected chi connectivity index (χ2v) is 5.49. The van der Waals surface area contributed by atoms with Crippen molar-refractivity contribution in [1.29, 1.82) is 0 Å². The summed E-state index contributed by atoms with van der Waals surface area (Å²) in [7, 11) is 0. The Morgan fingerprint density at radius 1 is 1.00 bits per heavy atom. The molecule has 3 N–H and O–H groups in total. The Morgan fingerprint density at radius 2 is 1.81 bits per heavy atom. The van der Waals surface area contributed by atoms with Gasteiger partial charge in [0.2, 0.25) is 0 Å². The molecule has 2 aromatic carbocycles. The Hall–Kier alpha value is -2.53. The van der Waals surface area contributed by atoms with Crippen LogP contribution in [0.15, 0.2) is 54.0 Å². The van der Waals surface area contributed by atoms with E-state index < -0.39 is 0 Å². The van der Waals surface area contributed by atoms with Crippen molar-refractivity contribution in [3.05, 3.63) is 59.6 Å². The zero-order chi connectivity index (χ0) is 14.7. The average Bonchev–Trinajstić information content (AvgIpc) is 3.03. The number of rotatable bonds is 4. The highest BCUT2D eigenvalue weighted by Crippen LogP contribution is 2.26. The van der Waals surface area contributed by atoms with Gasteiger partial charge in [0, 0.05) is 29.4 Å². The first-order valence-corrected chi connectivity index (χ1v) is 7.35. The van der Waals surface area contributed by atoms with E-state index in [0.717, 1.165) is 21.8 Å². The molecular weight excluding hydrogens is 284 g/mol. The van der Waals surface area contributed by atoms with Gasteiger partial charge < -0.3 is 15.5 Å². The van der Waals surface area contributed by atoms with Gasteiger partial charge in [-0.25, -0.2) is 4.98 Å². The molecule has 4 nitrogen and oxygen atoms in total. The third-order valence-electron chi connectivity index (χ3n) is 3.10. The van der Waals surface area contributed by atoms with Gasteiger partial charge in [0.1, 0.15) is 5.01 Å². The minimum Gasteiger partial charge on any atom is -0.504 e. The summed E-state index contributed by atoms with van der Waals surface area (Å²) in [5, 5.41) is 25.0. The third-order valence-corrected chi connectivity index (χ3v) is 3.92. The van der Waals surface area contributed by atoms with E-state index >= 15 is 0 Å². The lowest BCUT2D eigenvalue weighted by molar-refractivity contribution is 0.403. The fourth-order valence-corrected chi connectivity index (χ4v) is 2.62. The molecule has 0 saturated carbocycles. The molecule has 0 fully saturated rings. The highest BCUT2D eigenvalue weighted by molar-refractivity contribution is 7.13. The van der Waals surface area contributed by atoms with E-state index in [-0.39, 0.29) is 11.5 Å². The molecule has 5 heteroatoms. The van der Waals surface area contributed by atoms with Crippen molar-refractivity contribution in [3.8, 4) is 22.1 Å². The van der Waals surface area contributed by atoms with Gasteiger partial charge in [-0.05, 0) is 42.0 Å². The zero-order valence-corrected chi connectivity index (χ0v) is 12.0. The second-order valence-electron chi connectivity index (χ2n) is 4.59. The maximum Gasteiger partial charge on any atom is 0.157 e. The summed E-state index contributed by atoms with van der Waals surface area (Å²) in [5.74, 6) is -0.208. The van der Waals surface area contributed by atoms with Crippen LogP contribution in [-0.2, 0) is 6.54 Å². The van der Waals surface area contributed by atoms with Crippen LogP contribution < -0.4 is 5.32 Å². The molecule has 0 bridgehead atoms. The molecule has 0 aliphatic rings. The molecule has 106 valence electrons. The van der Waals surface area contributed by atoms with Gasteiger partial charge in [-0.15, -0.1) is 11.3 Å². The van der Waals surface area contributed by atoms with Crippen molar-refractivity contribution in [3.63, 3.8) is 0 Å². The van der Waals surface area contributed by atoms with Crippen LogP contribution >= 0.6 is 11.3 Å². The second kappa shape index (κ2) is 5.85. The molecule has 0 atom stereocenters. The molecule has 0 spiro atoms. The minimum atomic E-state index is -0.105. The number of thiazole rings is 1. The lowest BCUT2D eigenvalue weighted by Gasteiger charge is -2.08. The smallest absolute Gasteiger partial charge is 0.157 e. The van der Waals surface area contributed by atoms with Gasteiger partial charge in [0.05, 0.1) is 0 Å². The van der Waals surface area contributed by atoms with E-state index in [2.05, 4.69) is 10.3 Å². The Bertz CT molecular complexity index is 725. The van der Waals surface area contributed by atoms with Gasteiger partial charge >= 0.3 is 0 Å². The summed E-state index contributed by atoms with van der Waals surface area (Å²) < 4.78 is 0. The van der Waals surface area contributed by atoms with Crippen molar-refractivity contribution in [1.82, 2.24) is 4.98 Å². The molecule has 0 unspecified atom stereocenters. The molecule has 1 aromatic heterocycles. The molecule has 0 saturated heterocycles. The maximum absolute atomic E-state index is 9.46. The normalized spacial score (nSPS) is 10.5. The van der Waals surface area contributed by atoms with Gasteiger partial charge in [0.25, 0.3) is 0 Å². The van der Waals surface area contributed by atoms with E-state index in [4.69, 9.17) is 0 Å². The van der Waals surface area contributed by atoms with Crippen molar-refractivity contribution >= 4 is 17.0 Å². The molecular formula is C16H14N2O2S. The van der Waals surface area contributed by atoms with Crippen LogP contribution in [0, 0.1) is 0 Å². The molecule has 0 aliphatic heterocycles. The summed E-state index contributed by atoms with van der Waals surface area (Å²) in [4.78, 5) is 4.27. The third kappa shape index (κ3) is 3.14. The van der Waals surface area contributed by atoms with Crippen LogP contribution in [-0.4, -0.2) is 15.2 Å². The number of hydrogen-bond donors (Lipinski definition) is 3. The predicted molar refractivity (Wildman–Crippen MR) is 84.6 cm³/mol. The molecule has 3 aromatic rings. The van der Waals surface area contributed by atoms with Gasteiger partial charge in [-0.3, -0.25) is 0 Å². The Labute approximate surface area is 126 Å². The lowest BCUT2D eigenvalue weighted by atomic mass is 10.2. The van der Waals surface area contributed by atoms with Gasteiger partial charge in [0.15, 0.2) is 11.5 Å². The molecule has 1 heterocycles. The molecule has 21 heavy (non-hydrogen) atoms. The topological polar surface area (TPSA) is 65.4 Å². The standard InChI is InChI=1S/C16H14N2O2S/c19-14-6-1-11(9-15(14)20)10-18-13-4-2-12(3-5-13)16-17-7-8-21-16/h1-9,18-20H,10H2. The lowest BCUT2D eigenvalue weighted by Crippen LogP contribution is -1.98. The molecule has 0 amide bonds. The monoisotopic (exact) mass is 298 g/mol. The first-order chi connectivity index (χ1) is 10.2. The van der Waals surface area contributed by atoms with Crippen LogP contribution in [0.4, 0.5) is 5.69 Å². The van der Waals surface area contributed by atoms with E-state index in [1.807, 2.05) is 29.6 Å². The van der Waals surface area contributed by atoms with Crippen molar-refractivity contribution in [2.45, 2.75) is 6.54 Å². The Balaban J connectivity index is 1.66. The van der Waals surface area contributed by atoms with Crippen LogP contribution in [0.2, 0.25) is 0 Å². The number of nitrogens with zero attached hydrogens (tertiary/aromatic N) is 1. The Morgan fingerprint density at radius 3 is 2.48 bits per heavy atom.